The number of aliphatic carboxylic acids is 1. The Kier molecular flexibility index (Phi) is 5.11. The fourth-order valence-corrected chi connectivity index (χ4v) is 2.42. The van der Waals surface area contributed by atoms with Gasteiger partial charge in [0.05, 0.1) is 5.92 Å². The Bertz CT molecular complexity index is 392. The molecule has 2 unspecified atom stereocenters. The van der Waals surface area contributed by atoms with Crippen molar-refractivity contribution in [1.29, 1.82) is 0 Å². The number of halogens is 6. The highest BCUT2D eigenvalue weighted by atomic mass is 19.4. The van der Waals surface area contributed by atoms with Gasteiger partial charge in [0.1, 0.15) is 0 Å². The molecule has 0 aromatic carbocycles. The van der Waals surface area contributed by atoms with Gasteiger partial charge in [-0.3, -0.25) is 9.59 Å². The Morgan fingerprint density at radius 2 is 1.62 bits per heavy atom. The molecule has 0 aromatic rings. The Labute approximate surface area is 115 Å². The third-order valence-electron chi connectivity index (χ3n) is 3.43. The summed E-state index contributed by atoms with van der Waals surface area (Å²) in [4.78, 5) is 22.0. The van der Waals surface area contributed by atoms with E-state index in [2.05, 4.69) is 0 Å². The second-order valence-electron chi connectivity index (χ2n) is 4.90. The maximum atomic E-state index is 12.3. The monoisotopic (exact) mass is 321 g/mol. The van der Waals surface area contributed by atoms with E-state index in [1.807, 2.05) is 0 Å². The maximum Gasteiger partial charge on any atom is 0.409 e. The van der Waals surface area contributed by atoms with E-state index in [-0.39, 0.29) is 6.42 Å². The van der Waals surface area contributed by atoms with Gasteiger partial charge >= 0.3 is 18.3 Å². The Hall–Kier alpha value is -1.48. The number of carbonyl (C=O) groups is 2. The van der Waals surface area contributed by atoms with Crippen LogP contribution in [0.3, 0.4) is 0 Å². The SMILES string of the molecule is O=C(O)C1CCCC1CNC(=O)C(C(F)(F)F)C(F)(F)F. The third kappa shape index (κ3) is 4.50. The standard InChI is InChI=1S/C11H13F6NO3/c12-10(13,14)7(11(15,16)17)8(19)18-4-5-2-1-3-6(5)9(20)21/h5-7H,1-4H2,(H,18,19)(H,20,21). The van der Waals surface area contributed by atoms with Gasteiger partial charge in [0.2, 0.25) is 11.8 Å². The van der Waals surface area contributed by atoms with Gasteiger partial charge in [0.25, 0.3) is 0 Å². The number of amides is 1. The molecule has 0 saturated heterocycles. The van der Waals surface area contributed by atoms with Crippen molar-refractivity contribution in [1.82, 2.24) is 5.32 Å². The van der Waals surface area contributed by atoms with E-state index in [1.54, 1.807) is 5.32 Å². The molecule has 1 fully saturated rings. The summed E-state index contributed by atoms with van der Waals surface area (Å²) in [5.41, 5.74) is 0. The van der Waals surface area contributed by atoms with Crippen LogP contribution in [0.15, 0.2) is 0 Å². The second kappa shape index (κ2) is 6.10. The quantitative estimate of drug-likeness (QED) is 0.781. The summed E-state index contributed by atoms with van der Waals surface area (Å²) in [5, 5.41) is 10.4. The molecule has 10 heteroatoms. The molecule has 1 aliphatic rings. The van der Waals surface area contributed by atoms with E-state index >= 15 is 0 Å². The summed E-state index contributed by atoms with van der Waals surface area (Å²) in [6.45, 7) is -0.515. The number of hydrogen-bond acceptors (Lipinski definition) is 2. The number of hydrogen-bond donors (Lipinski definition) is 2. The lowest BCUT2D eigenvalue weighted by molar-refractivity contribution is -0.274. The molecule has 1 saturated carbocycles. The molecule has 21 heavy (non-hydrogen) atoms. The van der Waals surface area contributed by atoms with Crippen molar-refractivity contribution in [2.24, 2.45) is 17.8 Å². The fourth-order valence-electron chi connectivity index (χ4n) is 2.42. The van der Waals surface area contributed by atoms with E-state index in [9.17, 15) is 35.9 Å². The molecule has 4 nitrogen and oxygen atoms in total. The van der Waals surface area contributed by atoms with Crippen molar-refractivity contribution in [2.75, 3.05) is 6.54 Å². The van der Waals surface area contributed by atoms with Crippen molar-refractivity contribution >= 4 is 11.9 Å². The molecule has 0 spiro atoms. The first-order valence-electron chi connectivity index (χ1n) is 6.08. The molecule has 2 atom stereocenters. The number of alkyl halides is 6. The van der Waals surface area contributed by atoms with Crippen LogP contribution in [0.5, 0.6) is 0 Å². The van der Waals surface area contributed by atoms with Crippen LogP contribution in [-0.2, 0) is 9.59 Å². The highest BCUT2D eigenvalue weighted by Gasteiger charge is 2.61. The minimum Gasteiger partial charge on any atom is -0.481 e. The first-order chi connectivity index (χ1) is 9.44. The lowest BCUT2D eigenvalue weighted by Gasteiger charge is -2.23. The zero-order valence-electron chi connectivity index (χ0n) is 10.6. The van der Waals surface area contributed by atoms with Crippen LogP contribution < -0.4 is 5.32 Å². The van der Waals surface area contributed by atoms with Crippen LogP contribution in [0.2, 0.25) is 0 Å². The molecule has 122 valence electrons. The molecule has 1 rings (SSSR count). The average molecular weight is 321 g/mol. The van der Waals surface area contributed by atoms with Gasteiger partial charge in [0.15, 0.2) is 0 Å². The zero-order valence-corrected chi connectivity index (χ0v) is 10.6. The number of carboxylic acids is 1. The van der Waals surface area contributed by atoms with Gasteiger partial charge in [-0.1, -0.05) is 6.42 Å². The first kappa shape index (κ1) is 17.6. The van der Waals surface area contributed by atoms with Crippen molar-refractivity contribution in [3.05, 3.63) is 0 Å². The highest BCUT2D eigenvalue weighted by molar-refractivity contribution is 5.80. The summed E-state index contributed by atoms with van der Waals surface area (Å²) in [7, 11) is 0. The van der Waals surface area contributed by atoms with Crippen molar-refractivity contribution in [2.45, 2.75) is 31.6 Å². The van der Waals surface area contributed by atoms with Gasteiger partial charge < -0.3 is 10.4 Å². The highest BCUT2D eigenvalue weighted by Crippen LogP contribution is 2.39. The Morgan fingerprint density at radius 1 is 1.10 bits per heavy atom. The molecule has 2 N–H and O–H groups in total. The Balaban J connectivity index is 2.69. The fraction of sp³-hybridized carbons (Fsp3) is 0.818. The van der Waals surface area contributed by atoms with Crippen molar-refractivity contribution in [3.63, 3.8) is 0 Å². The number of rotatable bonds is 4. The topological polar surface area (TPSA) is 66.4 Å². The largest absolute Gasteiger partial charge is 0.481 e. The van der Waals surface area contributed by atoms with Crippen LogP contribution >= 0.6 is 0 Å². The molecule has 0 aliphatic heterocycles. The van der Waals surface area contributed by atoms with Gasteiger partial charge in [0, 0.05) is 6.54 Å². The first-order valence-corrected chi connectivity index (χ1v) is 6.08. The van der Waals surface area contributed by atoms with Crippen LogP contribution in [0, 0.1) is 17.8 Å². The van der Waals surface area contributed by atoms with Crippen LogP contribution in [-0.4, -0.2) is 35.9 Å². The zero-order chi connectivity index (χ0) is 16.4. The molecule has 1 aliphatic carbocycles. The second-order valence-corrected chi connectivity index (χ2v) is 4.90. The van der Waals surface area contributed by atoms with E-state index in [0.717, 1.165) is 0 Å². The van der Waals surface area contributed by atoms with Gasteiger partial charge in [-0.25, -0.2) is 0 Å². The molecule has 1 amide bonds. The number of carboxylic acid groups (broad SMARTS) is 1. The van der Waals surface area contributed by atoms with Crippen LogP contribution in [0.4, 0.5) is 26.3 Å². The summed E-state index contributed by atoms with van der Waals surface area (Å²) >= 11 is 0. The minimum absolute atomic E-state index is 0.290. The van der Waals surface area contributed by atoms with E-state index in [4.69, 9.17) is 5.11 Å². The average Bonchev–Trinajstić information content (AvgIpc) is 2.69. The van der Waals surface area contributed by atoms with Gasteiger partial charge in [-0.05, 0) is 18.8 Å². The van der Waals surface area contributed by atoms with Gasteiger partial charge in [-0.15, -0.1) is 0 Å². The minimum atomic E-state index is -5.75. The summed E-state index contributed by atoms with van der Waals surface area (Å²) in [6.07, 6.45) is -10.4. The molecule has 0 bridgehead atoms. The van der Waals surface area contributed by atoms with Gasteiger partial charge in [-0.2, -0.15) is 26.3 Å². The third-order valence-corrected chi connectivity index (χ3v) is 3.43. The molecule has 0 aromatic heterocycles. The number of nitrogens with one attached hydrogen (secondary N) is 1. The van der Waals surface area contributed by atoms with E-state index in [1.165, 1.54) is 0 Å². The predicted molar refractivity (Wildman–Crippen MR) is 57.1 cm³/mol. The van der Waals surface area contributed by atoms with E-state index in [0.29, 0.717) is 12.8 Å². The lowest BCUT2D eigenvalue weighted by Crippen LogP contribution is -2.49. The van der Waals surface area contributed by atoms with Crippen LogP contribution in [0.25, 0.3) is 0 Å². The smallest absolute Gasteiger partial charge is 0.409 e. The normalized spacial score (nSPS) is 23.4. The summed E-state index contributed by atoms with van der Waals surface area (Å²) in [6, 6.07) is 0. The predicted octanol–water partition coefficient (Wildman–Crippen LogP) is 2.34. The van der Waals surface area contributed by atoms with Crippen LogP contribution in [0.1, 0.15) is 19.3 Å². The number of carbonyl (C=O) groups excluding carboxylic acids is 1. The molecular formula is C11H13F6NO3. The molecular weight excluding hydrogens is 308 g/mol. The molecule has 0 radical (unpaired) electrons. The maximum absolute atomic E-state index is 12.3. The summed E-state index contributed by atoms with van der Waals surface area (Å²) in [5.74, 6) is -9.00. The Morgan fingerprint density at radius 3 is 2.05 bits per heavy atom. The molecule has 0 heterocycles. The van der Waals surface area contributed by atoms with Crippen molar-refractivity contribution < 1.29 is 41.0 Å². The van der Waals surface area contributed by atoms with Crippen molar-refractivity contribution in [3.8, 4) is 0 Å². The van der Waals surface area contributed by atoms with E-state index < -0.39 is 48.5 Å². The lowest BCUT2D eigenvalue weighted by atomic mass is 9.96. The summed E-state index contributed by atoms with van der Waals surface area (Å²) < 4.78 is 73.8.